The van der Waals surface area contributed by atoms with E-state index in [1.807, 2.05) is 6.08 Å². The van der Waals surface area contributed by atoms with Crippen molar-refractivity contribution in [3.63, 3.8) is 0 Å². The van der Waals surface area contributed by atoms with Gasteiger partial charge in [-0.3, -0.25) is 0 Å². The zero-order valence-electron chi connectivity index (χ0n) is 19.5. The third-order valence-corrected chi connectivity index (χ3v) is 7.67. The molecule has 0 bridgehead atoms. The minimum Gasteiger partial charge on any atom is -0.483 e. The van der Waals surface area contributed by atoms with Gasteiger partial charge in [0.2, 0.25) is 0 Å². The molecule has 182 valence electrons. The molecule has 0 N–H and O–H groups in total. The van der Waals surface area contributed by atoms with Crippen LogP contribution in [0.2, 0.25) is 0 Å². The maximum Gasteiger partial charge on any atom is 0.191 e. The normalized spacial score (nSPS) is 24.4. The lowest BCUT2D eigenvalue weighted by molar-refractivity contribution is 0.115. The van der Waals surface area contributed by atoms with Crippen molar-refractivity contribution in [3.8, 4) is 16.9 Å². The van der Waals surface area contributed by atoms with Crippen molar-refractivity contribution in [3.05, 3.63) is 78.4 Å². The summed E-state index contributed by atoms with van der Waals surface area (Å²) in [5.74, 6) is -2.06. The molecule has 2 aliphatic carbocycles. The fourth-order valence-corrected chi connectivity index (χ4v) is 5.99. The Morgan fingerprint density at radius 3 is 2.09 bits per heavy atom. The van der Waals surface area contributed by atoms with Crippen molar-refractivity contribution in [2.45, 2.75) is 57.3 Å². The van der Waals surface area contributed by atoms with E-state index in [4.69, 9.17) is 4.74 Å². The molecule has 2 aromatic carbocycles. The predicted octanol–water partition coefficient (Wildman–Crippen LogP) is 8.74. The first kappa shape index (κ1) is 24.6. The van der Waals surface area contributed by atoms with E-state index in [0.29, 0.717) is 17.4 Å². The average Bonchev–Trinajstić information content (AvgIpc) is 2.81. The zero-order valence-corrected chi connectivity index (χ0v) is 19.5. The van der Waals surface area contributed by atoms with Crippen molar-refractivity contribution < 1.29 is 22.3 Å². The number of halogens is 4. The molecule has 2 aromatic rings. The highest BCUT2D eigenvalue weighted by atomic mass is 19.1. The van der Waals surface area contributed by atoms with Crippen LogP contribution >= 0.6 is 0 Å². The van der Waals surface area contributed by atoms with Crippen LogP contribution in [0.5, 0.6) is 5.75 Å². The molecule has 4 rings (SSSR count). The molecule has 0 saturated heterocycles. The van der Waals surface area contributed by atoms with E-state index in [-0.39, 0.29) is 18.1 Å². The quantitative estimate of drug-likeness (QED) is 0.276. The zero-order chi connectivity index (χ0) is 24.2. The number of benzene rings is 2. The Labute approximate surface area is 199 Å². The fourth-order valence-electron chi connectivity index (χ4n) is 5.99. The van der Waals surface area contributed by atoms with E-state index in [1.54, 1.807) is 0 Å². The molecule has 34 heavy (non-hydrogen) atoms. The second-order valence-corrected chi connectivity index (χ2v) is 9.80. The minimum absolute atomic E-state index is 0.0800. The number of hydrogen-bond donors (Lipinski definition) is 0. The van der Waals surface area contributed by atoms with Crippen LogP contribution in [0.3, 0.4) is 0 Å². The number of fused-ring (bicyclic) bond motifs is 1. The van der Waals surface area contributed by atoms with Gasteiger partial charge in [-0.15, -0.1) is 6.58 Å². The lowest BCUT2D eigenvalue weighted by Crippen LogP contribution is -2.30. The van der Waals surface area contributed by atoms with Crippen LogP contribution in [0.15, 0.2) is 49.6 Å². The Kier molecular flexibility index (Phi) is 7.80. The van der Waals surface area contributed by atoms with Gasteiger partial charge >= 0.3 is 0 Å². The molecule has 2 saturated carbocycles. The van der Waals surface area contributed by atoms with Gasteiger partial charge in [-0.05, 0) is 104 Å². The van der Waals surface area contributed by atoms with Gasteiger partial charge in [0.25, 0.3) is 0 Å². The van der Waals surface area contributed by atoms with Gasteiger partial charge in [0.1, 0.15) is 18.2 Å². The van der Waals surface area contributed by atoms with Gasteiger partial charge in [0.15, 0.2) is 17.4 Å². The topological polar surface area (TPSA) is 9.23 Å². The summed E-state index contributed by atoms with van der Waals surface area (Å²) >= 11 is 0. The lowest BCUT2D eigenvalue weighted by atomic mass is 9.63. The molecule has 0 aliphatic heterocycles. The van der Waals surface area contributed by atoms with Crippen LogP contribution in [0, 0.1) is 41.0 Å². The first-order valence-corrected chi connectivity index (χ1v) is 12.2. The molecule has 5 heteroatoms. The minimum atomic E-state index is -1.01. The highest BCUT2D eigenvalue weighted by Gasteiger charge is 2.36. The molecule has 4 unspecified atom stereocenters. The van der Waals surface area contributed by atoms with Crippen molar-refractivity contribution in [1.29, 1.82) is 0 Å². The van der Waals surface area contributed by atoms with Gasteiger partial charge in [-0.1, -0.05) is 25.2 Å². The van der Waals surface area contributed by atoms with Gasteiger partial charge in [0.05, 0.1) is 5.56 Å². The molecule has 0 heterocycles. The summed E-state index contributed by atoms with van der Waals surface area (Å²) in [5, 5.41) is 0. The summed E-state index contributed by atoms with van der Waals surface area (Å²) in [6.07, 6.45) is 12.2. The van der Waals surface area contributed by atoms with Gasteiger partial charge in [-0.2, -0.15) is 0 Å². The summed E-state index contributed by atoms with van der Waals surface area (Å²) in [4.78, 5) is 0. The third kappa shape index (κ3) is 5.24. The van der Waals surface area contributed by atoms with E-state index < -0.39 is 34.6 Å². The Bertz CT molecular complexity index is 1000. The number of allylic oxidation sites excluding steroid dienone is 1. The molecule has 0 spiro atoms. The number of rotatable bonds is 8. The lowest BCUT2D eigenvalue weighted by Gasteiger charge is -2.42. The van der Waals surface area contributed by atoms with Crippen LogP contribution in [0.25, 0.3) is 11.1 Å². The SMILES string of the molecule is C=CCCC1CCC2CC(c3cc(F)c(-c4cc(F)c(OCC=C)c(F)c4)c(F)c3)CCC2C1. The highest BCUT2D eigenvalue weighted by Crippen LogP contribution is 2.49. The monoisotopic (exact) mass is 472 g/mol. The van der Waals surface area contributed by atoms with Crippen LogP contribution in [-0.2, 0) is 0 Å². The molecular weight excluding hydrogens is 440 g/mol. The molecule has 0 amide bonds. The number of hydrogen-bond acceptors (Lipinski definition) is 1. The summed E-state index contributed by atoms with van der Waals surface area (Å²) < 4.78 is 63.9. The Hall–Kier alpha value is -2.56. The van der Waals surface area contributed by atoms with Crippen molar-refractivity contribution in [1.82, 2.24) is 0 Å². The molecule has 4 atom stereocenters. The summed E-state index contributed by atoms with van der Waals surface area (Å²) in [7, 11) is 0. The Morgan fingerprint density at radius 2 is 1.44 bits per heavy atom. The van der Waals surface area contributed by atoms with Gasteiger partial charge < -0.3 is 4.74 Å². The summed E-state index contributed by atoms with van der Waals surface area (Å²) in [6.45, 7) is 7.18. The van der Waals surface area contributed by atoms with E-state index >= 15 is 8.78 Å². The highest BCUT2D eigenvalue weighted by molar-refractivity contribution is 5.66. The van der Waals surface area contributed by atoms with E-state index in [1.165, 1.54) is 43.9 Å². The fraction of sp³-hybridized carbons (Fsp3) is 0.448. The van der Waals surface area contributed by atoms with E-state index in [9.17, 15) is 8.78 Å². The maximum absolute atomic E-state index is 15.1. The third-order valence-electron chi connectivity index (χ3n) is 7.67. The Balaban J connectivity index is 1.51. The maximum atomic E-state index is 15.1. The van der Waals surface area contributed by atoms with Crippen LogP contribution < -0.4 is 4.74 Å². The summed E-state index contributed by atoms with van der Waals surface area (Å²) in [5.41, 5.74) is 0.0233. The standard InChI is InChI=1S/C29H32F4O/c1-3-5-6-18-7-8-20-13-21(10-9-19(20)12-18)22-14-24(30)28(25(31)15-22)23-16-26(32)29(27(33)17-23)34-11-4-2/h3-4,14-21H,1-2,5-13H2. The van der Waals surface area contributed by atoms with Crippen molar-refractivity contribution >= 4 is 0 Å². The molecule has 2 aliphatic rings. The Morgan fingerprint density at radius 1 is 0.794 bits per heavy atom. The smallest absolute Gasteiger partial charge is 0.191 e. The number of ether oxygens (including phenoxy) is 1. The summed E-state index contributed by atoms with van der Waals surface area (Å²) in [6, 6.07) is 4.49. The first-order valence-electron chi connectivity index (χ1n) is 12.2. The first-order chi connectivity index (χ1) is 16.4. The van der Waals surface area contributed by atoms with E-state index in [2.05, 4.69) is 13.2 Å². The molecular formula is C29H32F4O. The van der Waals surface area contributed by atoms with Crippen molar-refractivity contribution in [2.24, 2.45) is 17.8 Å². The van der Waals surface area contributed by atoms with Gasteiger partial charge in [0, 0.05) is 0 Å². The van der Waals surface area contributed by atoms with Crippen LogP contribution in [-0.4, -0.2) is 6.61 Å². The van der Waals surface area contributed by atoms with Crippen LogP contribution in [0.1, 0.15) is 62.8 Å². The largest absolute Gasteiger partial charge is 0.483 e. The average molecular weight is 473 g/mol. The van der Waals surface area contributed by atoms with E-state index in [0.717, 1.165) is 43.7 Å². The van der Waals surface area contributed by atoms with Crippen LogP contribution in [0.4, 0.5) is 17.6 Å². The van der Waals surface area contributed by atoms with Crippen molar-refractivity contribution in [2.75, 3.05) is 6.61 Å². The second kappa shape index (κ2) is 10.8. The second-order valence-electron chi connectivity index (χ2n) is 9.80. The van der Waals surface area contributed by atoms with Gasteiger partial charge in [-0.25, -0.2) is 17.6 Å². The molecule has 2 fully saturated rings. The predicted molar refractivity (Wildman–Crippen MR) is 128 cm³/mol. The molecule has 0 aromatic heterocycles. The molecule has 1 nitrogen and oxygen atoms in total. The molecule has 0 radical (unpaired) electrons.